The Balaban J connectivity index is 1.42. The standard InChI is InChI=1S/C21H23ClN6O2/c1-2-30-18-6-4-3-5-17(18)27-11-13-28(14-12-27)21(29)19-20(25-26-24-19)23-16-9-7-15(22)8-10-16/h3-10H,2,11-14H2,1H3,(H2,23,24,25,26). The minimum absolute atomic E-state index is 0.155. The maximum Gasteiger partial charge on any atom is 0.278 e. The smallest absolute Gasteiger partial charge is 0.278 e. The minimum atomic E-state index is -0.155. The van der Waals surface area contributed by atoms with E-state index in [0.29, 0.717) is 43.6 Å². The van der Waals surface area contributed by atoms with E-state index in [2.05, 4.69) is 25.6 Å². The van der Waals surface area contributed by atoms with E-state index in [1.54, 1.807) is 17.0 Å². The van der Waals surface area contributed by atoms with Crippen molar-refractivity contribution in [3.8, 4) is 5.75 Å². The Bertz CT molecular complexity index is 999. The van der Waals surface area contributed by atoms with Crippen molar-refractivity contribution in [1.29, 1.82) is 0 Å². The number of nitrogens with one attached hydrogen (secondary N) is 2. The minimum Gasteiger partial charge on any atom is -0.492 e. The molecule has 0 aliphatic carbocycles. The van der Waals surface area contributed by atoms with Crippen LogP contribution in [-0.4, -0.2) is 59.0 Å². The highest BCUT2D eigenvalue weighted by molar-refractivity contribution is 6.30. The third kappa shape index (κ3) is 4.33. The zero-order chi connectivity index (χ0) is 20.9. The quantitative estimate of drug-likeness (QED) is 0.626. The number of benzene rings is 2. The Morgan fingerprint density at radius 1 is 1.10 bits per heavy atom. The highest BCUT2D eigenvalue weighted by Gasteiger charge is 2.27. The summed E-state index contributed by atoms with van der Waals surface area (Å²) in [6.07, 6.45) is 0. The molecule has 0 bridgehead atoms. The Morgan fingerprint density at radius 2 is 1.83 bits per heavy atom. The molecule has 1 fully saturated rings. The van der Waals surface area contributed by atoms with Crippen LogP contribution in [0.25, 0.3) is 0 Å². The van der Waals surface area contributed by atoms with Crippen molar-refractivity contribution < 1.29 is 9.53 Å². The topological polar surface area (TPSA) is 86.4 Å². The van der Waals surface area contributed by atoms with Crippen LogP contribution >= 0.6 is 11.6 Å². The number of H-pyrrole nitrogens is 1. The van der Waals surface area contributed by atoms with Crippen LogP contribution in [0.4, 0.5) is 17.2 Å². The van der Waals surface area contributed by atoms with Gasteiger partial charge in [-0.1, -0.05) is 23.7 Å². The highest BCUT2D eigenvalue weighted by Crippen LogP contribution is 2.29. The Labute approximate surface area is 179 Å². The number of hydrogen-bond donors (Lipinski definition) is 2. The largest absolute Gasteiger partial charge is 0.492 e. The zero-order valence-corrected chi connectivity index (χ0v) is 17.4. The van der Waals surface area contributed by atoms with Gasteiger partial charge in [-0.25, -0.2) is 0 Å². The lowest BCUT2D eigenvalue weighted by Crippen LogP contribution is -2.49. The first-order chi connectivity index (χ1) is 14.7. The van der Waals surface area contributed by atoms with E-state index in [-0.39, 0.29) is 11.6 Å². The average Bonchev–Trinajstić information content (AvgIpc) is 3.24. The molecule has 2 N–H and O–H groups in total. The van der Waals surface area contributed by atoms with Crippen LogP contribution in [0.1, 0.15) is 17.4 Å². The summed E-state index contributed by atoms with van der Waals surface area (Å²) < 4.78 is 5.74. The second-order valence-corrected chi connectivity index (χ2v) is 7.27. The molecule has 1 aliphatic rings. The maximum atomic E-state index is 13.0. The van der Waals surface area contributed by atoms with Gasteiger partial charge in [-0.05, 0) is 43.3 Å². The lowest BCUT2D eigenvalue weighted by Gasteiger charge is -2.36. The van der Waals surface area contributed by atoms with Crippen molar-refractivity contribution in [1.82, 2.24) is 20.3 Å². The van der Waals surface area contributed by atoms with Gasteiger partial charge in [0.25, 0.3) is 5.91 Å². The number of aromatic nitrogens is 3. The lowest BCUT2D eigenvalue weighted by molar-refractivity contribution is 0.0741. The number of halogens is 1. The first-order valence-electron chi connectivity index (χ1n) is 9.85. The van der Waals surface area contributed by atoms with Crippen LogP contribution in [0.2, 0.25) is 5.02 Å². The first-order valence-corrected chi connectivity index (χ1v) is 10.2. The summed E-state index contributed by atoms with van der Waals surface area (Å²) in [6.45, 7) is 5.20. The predicted octanol–water partition coefficient (Wildman–Crippen LogP) is 3.56. The number of piperazine rings is 1. The molecule has 9 heteroatoms. The van der Waals surface area contributed by atoms with Crippen LogP contribution in [0, 0.1) is 0 Å². The first kappa shape index (κ1) is 20.0. The van der Waals surface area contributed by atoms with Gasteiger partial charge in [0.05, 0.1) is 12.3 Å². The molecule has 0 atom stereocenters. The fraction of sp³-hybridized carbons (Fsp3) is 0.286. The van der Waals surface area contributed by atoms with Crippen LogP contribution < -0.4 is 15.0 Å². The Hall–Kier alpha value is -3.26. The fourth-order valence-corrected chi connectivity index (χ4v) is 3.56. The van der Waals surface area contributed by atoms with Gasteiger partial charge in [0.15, 0.2) is 11.5 Å². The third-order valence-electron chi connectivity index (χ3n) is 4.93. The molecule has 3 aromatic rings. The van der Waals surface area contributed by atoms with Crippen LogP contribution in [0.15, 0.2) is 48.5 Å². The van der Waals surface area contributed by atoms with Gasteiger partial charge >= 0.3 is 0 Å². The molecule has 2 aromatic carbocycles. The van der Waals surface area contributed by atoms with Crippen molar-refractivity contribution in [2.75, 3.05) is 43.0 Å². The number of rotatable bonds is 6. The third-order valence-corrected chi connectivity index (χ3v) is 5.18. The SMILES string of the molecule is CCOc1ccccc1N1CCN(C(=O)c2n[nH]nc2Nc2ccc(Cl)cc2)CC1. The molecule has 0 spiro atoms. The summed E-state index contributed by atoms with van der Waals surface area (Å²) in [5.41, 5.74) is 2.10. The lowest BCUT2D eigenvalue weighted by atomic mass is 10.2. The summed E-state index contributed by atoms with van der Waals surface area (Å²) >= 11 is 5.93. The fourth-order valence-electron chi connectivity index (χ4n) is 3.43. The van der Waals surface area contributed by atoms with E-state index in [1.807, 2.05) is 43.3 Å². The number of hydrogen-bond acceptors (Lipinski definition) is 6. The van der Waals surface area contributed by atoms with E-state index in [4.69, 9.17) is 16.3 Å². The van der Waals surface area contributed by atoms with Crippen molar-refractivity contribution in [3.63, 3.8) is 0 Å². The number of anilines is 3. The number of ether oxygens (including phenoxy) is 1. The molecule has 0 radical (unpaired) electrons. The van der Waals surface area contributed by atoms with Gasteiger partial charge in [-0.2, -0.15) is 5.21 Å². The molecule has 156 valence electrons. The van der Waals surface area contributed by atoms with Crippen molar-refractivity contribution >= 4 is 34.7 Å². The monoisotopic (exact) mass is 426 g/mol. The van der Waals surface area contributed by atoms with Gasteiger partial charge in [-0.15, -0.1) is 10.2 Å². The molecule has 0 saturated carbocycles. The number of nitrogens with zero attached hydrogens (tertiary/aromatic N) is 4. The van der Waals surface area contributed by atoms with Crippen LogP contribution in [0.5, 0.6) is 5.75 Å². The molecule has 8 nitrogen and oxygen atoms in total. The van der Waals surface area contributed by atoms with Gasteiger partial charge in [0.2, 0.25) is 0 Å². The number of amides is 1. The molecular weight excluding hydrogens is 404 g/mol. The van der Waals surface area contributed by atoms with E-state index < -0.39 is 0 Å². The second kappa shape index (κ2) is 9.04. The van der Waals surface area contributed by atoms with Crippen molar-refractivity contribution in [2.45, 2.75) is 6.92 Å². The summed E-state index contributed by atoms with van der Waals surface area (Å²) in [7, 11) is 0. The Morgan fingerprint density at radius 3 is 2.57 bits per heavy atom. The van der Waals surface area contributed by atoms with Gasteiger partial charge < -0.3 is 19.9 Å². The summed E-state index contributed by atoms with van der Waals surface area (Å²) in [5, 5.41) is 14.5. The molecule has 2 heterocycles. The molecule has 1 saturated heterocycles. The zero-order valence-electron chi connectivity index (χ0n) is 16.6. The van der Waals surface area contributed by atoms with Crippen LogP contribution in [-0.2, 0) is 0 Å². The van der Waals surface area contributed by atoms with E-state index in [1.165, 1.54) is 0 Å². The molecule has 1 amide bonds. The number of carbonyl (C=O) groups is 1. The number of para-hydroxylation sites is 2. The number of aromatic amines is 1. The van der Waals surface area contributed by atoms with E-state index in [0.717, 1.165) is 17.1 Å². The maximum absolute atomic E-state index is 13.0. The van der Waals surface area contributed by atoms with Gasteiger partial charge in [0, 0.05) is 36.9 Å². The van der Waals surface area contributed by atoms with Gasteiger partial charge in [0.1, 0.15) is 5.75 Å². The Kier molecular flexibility index (Phi) is 6.04. The summed E-state index contributed by atoms with van der Waals surface area (Å²) in [4.78, 5) is 17.1. The molecular formula is C21H23ClN6O2. The predicted molar refractivity (Wildman–Crippen MR) is 117 cm³/mol. The number of carbonyl (C=O) groups excluding carboxylic acids is 1. The van der Waals surface area contributed by atoms with Gasteiger partial charge in [-0.3, -0.25) is 4.79 Å². The highest BCUT2D eigenvalue weighted by atomic mass is 35.5. The average molecular weight is 427 g/mol. The second-order valence-electron chi connectivity index (χ2n) is 6.83. The van der Waals surface area contributed by atoms with Crippen molar-refractivity contribution in [3.05, 3.63) is 59.2 Å². The summed E-state index contributed by atoms with van der Waals surface area (Å²) in [6, 6.07) is 15.2. The summed E-state index contributed by atoms with van der Waals surface area (Å²) in [5.74, 6) is 1.11. The van der Waals surface area contributed by atoms with Crippen molar-refractivity contribution in [2.24, 2.45) is 0 Å². The molecule has 4 rings (SSSR count). The molecule has 30 heavy (non-hydrogen) atoms. The molecule has 0 unspecified atom stereocenters. The normalized spacial score (nSPS) is 13.9. The molecule has 1 aromatic heterocycles. The van der Waals surface area contributed by atoms with E-state index >= 15 is 0 Å². The van der Waals surface area contributed by atoms with E-state index in [9.17, 15) is 4.79 Å². The van der Waals surface area contributed by atoms with Crippen LogP contribution in [0.3, 0.4) is 0 Å². The molecule has 1 aliphatic heterocycles.